The summed E-state index contributed by atoms with van der Waals surface area (Å²) < 4.78 is 7.33. The lowest BCUT2D eigenvalue weighted by atomic mass is 10.2. The van der Waals surface area contributed by atoms with Crippen molar-refractivity contribution < 1.29 is 4.74 Å². The van der Waals surface area contributed by atoms with E-state index >= 15 is 0 Å². The van der Waals surface area contributed by atoms with Gasteiger partial charge in [0.25, 0.3) is 0 Å². The molecule has 0 saturated carbocycles. The number of hydrogen-bond donors (Lipinski definition) is 0. The largest absolute Gasteiger partial charge is 0.497 e. The molecule has 1 aromatic heterocycles. The number of methoxy groups -OCH3 is 1. The van der Waals surface area contributed by atoms with Crippen LogP contribution in [0, 0.1) is 12.3 Å². The van der Waals surface area contributed by atoms with E-state index in [0.29, 0.717) is 0 Å². The topological polar surface area (TPSA) is 14.2 Å². The molecule has 0 aliphatic rings. The van der Waals surface area contributed by atoms with E-state index in [1.807, 2.05) is 12.1 Å². The van der Waals surface area contributed by atoms with Crippen LogP contribution in [0.2, 0.25) is 0 Å². The minimum atomic E-state index is 0.760. The summed E-state index contributed by atoms with van der Waals surface area (Å²) in [6.45, 7) is 0.867. The number of nitrogens with zero attached hydrogens (tertiary/aromatic N) is 1. The predicted octanol–water partition coefficient (Wildman–Crippen LogP) is 2.67. The lowest BCUT2D eigenvalue weighted by molar-refractivity contribution is 0.415. The number of rotatable bonds is 3. The quantitative estimate of drug-likeness (QED) is 0.693. The normalized spacial score (nSPS) is 10.1. The SMILES string of the molecule is C#CCCn1ccc2cc(OC)ccc21. The molecule has 0 spiro atoms. The van der Waals surface area contributed by atoms with Crippen molar-refractivity contribution in [2.45, 2.75) is 13.0 Å². The summed E-state index contributed by atoms with van der Waals surface area (Å²) in [5, 5.41) is 1.19. The molecule has 2 aromatic rings. The molecule has 0 aliphatic heterocycles. The molecule has 0 N–H and O–H groups in total. The first-order valence-electron chi connectivity index (χ1n) is 4.91. The third-order valence-corrected chi connectivity index (χ3v) is 2.48. The molecular weight excluding hydrogens is 186 g/mol. The second kappa shape index (κ2) is 4.10. The number of hydrogen-bond acceptors (Lipinski definition) is 1. The molecule has 0 atom stereocenters. The molecule has 15 heavy (non-hydrogen) atoms. The molecular formula is C13H13NO. The lowest BCUT2D eigenvalue weighted by Crippen LogP contribution is -1.94. The van der Waals surface area contributed by atoms with Crippen LogP contribution in [0.1, 0.15) is 6.42 Å². The second-order valence-electron chi connectivity index (χ2n) is 3.39. The average Bonchev–Trinajstić information content (AvgIpc) is 2.68. The third-order valence-electron chi connectivity index (χ3n) is 2.48. The molecule has 0 radical (unpaired) electrons. The van der Waals surface area contributed by atoms with Crippen LogP contribution < -0.4 is 4.74 Å². The Morgan fingerprint density at radius 3 is 3.00 bits per heavy atom. The zero-order valence-electron chi connectivity index (χ0n) is 8.73. The number of aromatic nitrogens is 1. The van der Waals surface area contributed by atoms with Gasteiger partial charge in [-0.2, -0.15) is 0 Å². The van der Waals surface area contributed by atoms with Gasteiger partial charge in [-0.25, -0.2) is 0 Å². The van der Waals surface area contributed by atoms with Gasteiger partial charge in [0.1, 0.15) is 5.75 Å². The van der Waals surface area contributed by atoms with Gasteiger partial charge in [0.05, 0.1) is 7.11 Å². The van der Waals surface area contributed by atoms with E-state index in [-0.39, 0.29) is 0 Å². The van der Waals surface area contributed by atoms with Gasteiger partial charge in [-0.05, 0) is 24.3 Å². The highest BCUT2D eigenvalue weighted by atomic mass is 16.5. The number of ether oxygens (including phenoxy) is 1. The Morgan fingerprint density at radius 2 is 2.27 bits per heavy atom. The van der Waals surface area contributed by atoms with Crippen LogP contribution in [0.25, 0.3) is 10.9 Å². The van der Waals surface area contributed by atoms with E-state index in [4.69, 9.17) is 11.2 Å². The average molecular weight is 199 g/mol. The molecule has 0 unspecified atom stereocenters. The second-order valence-corrected chi connectivity index (χ2v) is 3.39. The van der Waals surface area contributed by atoms with Crippen LogP contribution in [0.5, 0.6) is 5.75 Å². The first-order chi connectivity index (χ1) is 7.35. The fraction of sp³-hybridized carbons (Fsp3) is 0.231. The van der Waals surface area contributed by atoms with E-state index in [0.717, 1.165) is 18.7 Å². The Balaban J connectivity index is 2.39. The number of benzene rings is 1. The van der Waals surface area contributed by atoms with Crippen LogP contribution in [0.15, 0.2) is 30.5 Å². The van der Waals surface area contributed by atoms with Crippen molar-refractivity contribution >= 4 is 10.9 Å². The van der Waals surface area contributed by atoms with E-state index in [1.54, 1.807) is 7.11 Å². The summed E-state index contributed by atoms with van der Waals surface area (Å²) in [6.07, 6.45) is 8.07. The summed E-state index contributed by atoms with van der Waals surface area (Å²) in [7, 11) is 1.68. The van der Waals surface area contributed by atoms with E-state index < -0.39 is 0 Å². The molecule has 0 aliphatic carbocycles. The Morgan fingerprint density at radius 1 is 1.40 bits per heavy atom. The van der Waals surface area contributed by atoms with Crippen molar-refractivity contribution in [3.8, 4) is 18.1 Å². The molecule has 2 heteroatoms. The van der Waals surface area contributed by atoms with Gasteiger partial charge in [-0.15, -0.1) is 12.3 Å². The van der Waals surface area contributed by atoms with Crippen molar-refractivity contribution in [1.29, 1.82) is 0 Å². The van der Waals surface area contributed by atoms with E-state index in [1.165, 1.54) is 10.9 Å². The maximum atomic E-state index is 5.25. The van der Waals surface area contributed by atoms with E-state index in [2.05, 4.69) is 28.8 Å². The first kappa shape index (κ1) is 9.67. The molecule has 0 amide bonds. The first-order valence-corrected chi connectivity index (χ1v) is 4.91. The highest BCUT2D eigenvalue weighted by Gasteiger charge is 2.01. The molecule has 0 bridgehead atoms. The van der Waals surface area contributed by atoms with Gasteiger partial charge < -0.3 is 9.30 Å². The maximum absolute atomic E-state index is 5.25. The zero-order valence-corrected chi connectivity index (χ0v) is 8.73. The number of fused-ring (bicyclic) bond motifs is 1. The van der Waals surface area contributed by atoms with Crippen molar-refractivity contribution in [2.75, 3.05) is 7.11 Å². The van der Waals surface area contributed by atoms with Crippen molar-refractivity contribution in [3.05, 3.63) is 30.5 Å². The van der Waals surface area contributed by atoms with Gasteiger partial charge in [-0.1, -0.05) is 0 Å². The fourth-order valence-corrected chi connectivity index (χ4v) is 1.69. The van der Waals surface area contributed by atoms with Crippen molar-refractivity contribution in [3.63, 3.8) is 0 Å². The summed E-state index contributed by atoms with van der Waals surface area (Å²) in [4.78, 5) is 0. The molecule has 1 aromatic carbocycles. The van der Waals surface area contributed by atoms with Crippen LogP contribution >= 0.6 is 0 Å². The minimum absolute atomic E-state index is 0.760. The van der Waals surface area contributed by atoms with Gasteiger partial charge >= 0.3 is 0 Å². The highest BCUT2D eigenvalue weighted by Crippen LogP contribution is 2.21. The molecule has 2 rings (SSSR count). The summed E-state index contributed by atoms with van der Waals surface area (Å²) >= 11 is 0. The smallest absolute Gasteiger partial charge is 0.119 e. The van der Waals surface area contributed by atoms with E-state index in [9.17, 15) is 0 Å². The molecule has 0 saturated heterocycles. The summed E-state index contributed by atoms with van der Waals surface area (Å²) in [6, 6.07) is 8.13. The number of aryl methyl sites for hydroxylation is 1. The van der Waals surface area contributed by atoms with Crippen LogP contribution in [-0.2, 0) is 6.54 Å². The molecule has 76 valence electrons. The molecule has 2 nitrogen and oxygen atoms in total. The van der Waals surface area contributed by atoms with Crippen LogP contribution in [0.4, 0.5) is 0 Å². The Kier molecular flexibility index (Phi) is 2.64. The van der Waals surface area contributed by atoms with Gasteiger partial charge in [-0.3, -0.25) is 0 Å². The molecule has 0 fully saturated rings. The minimum Gasteiger partial charge on any atom is -0.497 e. The highest BCUT2D eigenvalue weighted by molar-refractivity contribution is 5.81. The van der Waals surface area contributed by atoms with Gasteiger partial charge in [0.2, 0.25) is 0 Å². The van der Waals surface area contributed by atoms with Gasteiger partial charge in [0, 0.05) is 30.1 Å². The maximum Gasteiger partial charge on any atom is 0.119 e. The van der Waals surface area contributed by atoms with Gasteiger partial charge in [0.15, 0.2) is 0 Å². The summed E-state index contributed by atoms with van der Waals surface area (Å²) in [5.41, 5.74) is 1.20. The summed E-state index contributed by atoms with van der Waals surface area (Å²) in [5.74, 6) is 3.53. The third kappa shape index (κ3) is 1.82. The van der Waals surface area contributed by atoms with Crippen molar-refractivity contribution in [2.24, 2.45) is 0 Å². The van der Waals surface area contributed by atoms with Crippen LogP contribution in [-0.4, -0.2) is 11.7 Å². The standard InChI is InChI=1S/C13H13NO/c1-3-4-8-14-9-7-11-10-12(15-2)5-6-13(11)14/h1,5-7,9-10H,4,8H2,2H3. The Bertz CT molecular complexity index is 505. The fourth-order valence-electron chi connectivity index (χ4n) is 1.69. The Labute approximate surface area is 89.5 Å². The monoisotopic (exact) mass is 199 g/mol. The van der Waals surface area contributed by atoms with Crippen LogP contribution in [0.3, 0.4) is 0 Å². The molecule has 1 heterocycles. The lowest BCUT2D eigenvalue weighted by Gasteiger charge is -2.03. The number of terminal acetylenes is 1. The van der Waals surface area contributed by atoms with Crippen molar-refractivity contribution in [1.82, 2.24) is 4.57 Å². The Hall–Kier alpha value is -1.88. The zero-order chi connectivity index (χ0) is 10.7. The predicted molar refractivity (Wildman–Crippen MR) is 61.9 cm³/mol.